The summed E-state index contributed by atoms with van der Waals surface area (Å²) in [6.07, 6.45) is 7.08. The van der Waals surface area contributed by atoms with Gasteiger partial charge in [-0.1, -0.05) is 42.5 Å². The largest absolute Gasteiger partial charge is 0.465 e. The van der Waals surface area contributed by atoms with E-state index in [0.717, 1.165) is 5.56 Å². The fourth-order valence-corrected chi connectivity index (χ4v) is 3.89. The Morgan fingerprint density at radius 1 is 1.06 bits per heavy atom. The van der Waals surface area contributed by atoms with Gasteiger partial charge in [-0.2, -0.15) is 0 Å². The Hall–Kier alpha value is -3.90. The van der Waals surface area contributed by atoms with Gasteiger partial charge in [0.15, 0.2) is 5.43 Å². The third-order valence-electron chi connectivity index (χ3n) is 5.25. The molecule has 0 bridgehead atoms. The van der Waals surface area contributed by atoms with Crippen LogP contribution in [0.1, 0.15) is 38.9 Å². The summed E-state index contributed by atoms with van der Waals surface area (Å²) in [5.41, 5.74) is 2.22. The number of methoxy groups -OCH3 is 2. The predicted molar refractivity (Wildman–Crippen MR) is 134 cm³/mol. The SMILES string of the molecule is C=C/C=C(\C=C/C)n1c(C(=O)OC)c(Cc2ccc(C(=O)OC)cc2)c(=O)c2ccc(Cl)cc21. The number of pyridine rings is 1. The number of nitrogens with zero attached hydrogens (tertiary/aromatic N) is 1. The van der Waals surface area contributed by atoms with Crippen molar-refractivity contribution in [3.8, 4) is 0 Å². The second kappa shape index (κ2) is 10.8. The van der Waals surface area contributed by atoms with E-state index in [1.165, 1.54) is 14.2 Å². The number of hydrogen-bond donors (Lipinski definition) is 0. The number of hydrogen-bond acceptors (Lipinski definition) is 5. The highest BCUT2D eigenvalue weighted by atomic mass is 35.5. The molecule has 0 aliphatic rings. The molecule has 0 aliphatic heterocycles. The van der Waals surface area contributed by atoms with E-state index in [1.807, 2.05) is 13.0 Å². The van der Waals surface area contributed by atoms with Crippen LogP contribution >= 0.6 is 11.6 Å². The van der Waals surface area contributed by atoms with Crippen LogP contribution in [0.15, 0.2) is 78.1 Å². The van der Waals surface area contributed by atoms with Crippen LogP contribution in [0.5, 0.6) is 0 Å². The maximum atomic E-state index is 13.6. The molecule has 0 radical (unpaired) electrons. The van der Waals surface area contributed by atoms with Crippen molar-refractivity contribution in [1.82, 2.24) is 4.57 Å². The van der Waals surface area contributed by atoms with E-state index >= 15 is 0 Å². The van der Waals surface area contributed by atoms with Gasteiger partial charge in [-0.25, -0.2) is 9.59 Å². The minimum atomic E-state index is -0.667. The Morgan fingerprint density at radius 2 is 1.74 bits per heavy atom. The highest BCUT2D eigenvalue weighted by Crippen LogP contribution is 2.27. The maximum absolute atomic E-state index is 13.6. The van der Waals surface area contributed by atoms with Crippen LogP contribution in [0.3, 0.4) is 0 Å². The van der Waals surface area contributed by atoms with E-state index in [2.05, 4.69) is 6.58 Å². The maximum Gasteiger partial charge on any atom is 0.355 e. The first kappa shape index (κ1) is 24.7. The monoisotopic (exact) mass is 477 g/mol. The normalized spacial score (nSPS) is 11.6. The molecule has 0 saturated carbocycles. The molecule has 0 atom stereocenters. The lowest BCUT2D eigenvalue weighted by molar-refractivity contribution is 0.0585. The number of ether oxygens (including phenoxy) is 2. The van der Waals surface area contributed by atoms with Gasteiger partial charge in [-0.05, 0) is 55.0 Å². The van der Waals surface area contributed by atoms with Crippen LogP contribution in [0.4, 0.5) is 0 Å². The smallest absolute Gasteiger partial charge is 0.355 e. The Morgan fingerprint density at radius 3 is 2.32 bits per heavy atom. The third-order valence-corrected chi connectivity index (χ3v) is 5.48. The molecule has 3 aromatic rings. The van der Waals surface area contributed by atoms with Gasteiger partial charge in [0.2, 0.25) is 0 Å². The van der Waals surface area contributed by atoms with Crippen molar-refractivity contribution in [1.29, 1.82) is 0 Å². The summed E-state index contributed by atoms with van der Waals surface area (Å²) >= 11 is 6.26. The zero-order valence-electron chi connectivity index (χ0n) is 19.1. The quantitative estimate of drug-likeness (QED) is 0.335. The zero-order chi connectivity index (χ0) is 24.8. The Balaban J connectivity index is 2.38. The molecule has 0 saturated heterocycles. The zero-order valence-corrected chi connectivity index (χ0v) is 19.9. The van der Waals surface area contributed by atoms with Gasteiger partial charge in [-0.3, -0.25) is 4.79 Å². The Bertz CT molecular complexity index is 1380. The number of fused-ring (bicyclic) bond motifs is 1. The highest BCUT2D eigenvalue weighted by molar-refractivity contribution is 6.31. The molecular formula is C27H24ClNO5. The standard InChI is InChI=1S/C27H24ClNO5/c1-5-7-20(8-6-2)29-23-16-19(28)13-14-21(23)25(30)22(24(29)27(32)34-4)15-17-9-11-18(12-10-17)26(31)33-3/h5-14,16H,1,15H2,2-4H3/b8-6-,20-7+. The minimum absolute atomic E-state index is 0.0884. The molecule has 0 amide bonds. The molecule has 7 heteroatoms. The summed E-state index contributed by atoms with van der Waals surface area (Å²) in [4.78, 5) is 38.4. The van der Waals surface area contributed by atoms with Crippen molar-refractivity contribution >= 4 is 40.1 Å². The van der Waals surface area contributed by atoms with Crippen LogP contribution in [-0.2, 0) is 15.9 Å². The van der Waals surface area contributed by atoms with Crippen LogP contribution in [0.25, 0.3) is 16.6 Å². The lowest BCUT2D eigenvalue weighted by Crippen LogP contribution is -2.25. The molecule has 1 heterocycles. The highest BCUT2D eigenvalue weighted by Gasteiger charge is 2.25. The molecule has 0 spiro atoms. The summed E-state index contributed by atoms with van der Waals surface area (Å²) in [5, 5.41) is 0.818. The van der Waals surface area contributed by atoms with Crippen molar-refractivity contribution in [3.05, 3.63) is 111 Å². The number of allylic oxidation sites excluding steroid dienone is 5. The first-order valence-electron chi connectivity index (χ1n) is 10.4. The number of carbonyl (C=O) groups excluding carboxylic acids is 2. The van der Waals surface area contributed by atoms with E-state index < -0.39 is 11.9 Å². The molecular weight excluding hydrogens is 454 g/mol. The second-order valence-corrected chi connectivity index (χ2v) is 7.77. The molecule has 0 fully saturated rings. The van der Waals surface area contributed by atoms with E-state index in [0.29, 0.717) is 27.2 Å². The van der Waals surface area contributed by atoms with E-state index in [9.17, 15) is 14.4 Å². The van der Waals surface area contributed by atoms with Gasteiger partial charge in [0.25, 0.3) is 0 Å². The van der Waals surface area contributed by atoms with Crippen LogP contribution in [0.2, 0.25) is 5.02 Å². The average molecular weight is 478 g/mol. The third kappa shape index (κ3) is 4.87. The molecule has 6 nitrogen and oxygen atoms in total. The summed E-state index contributed by atoms with van der Waals surface area (Å²) in [6.45, 7) is 5.62. The van der Waals surface area contributed by atoms with Gasteiger partial charge in [0.1, 0.15) is 5.69 Å². The topological polar surface area (TPSA) is 74.6 Å². The fraction of sp³-hybridized carbons (Fsp3) is 0.148. The van der Waals surface area contributed by atoms with Crippen molar-refractivity contribution < 1.29 is 19.1 Å². The predicted octanol–water partition coefficient (Wildman–Crippen LogP) is 5.42. The van der Waals surface area contributed by atoms with Crippen molar-refractivity contribution in [3.63, 3.8) is 0 Å². The lowest BCUT2D eigenvalue weighted by atomic mass is 9.98. The van der Waals surface area contributed by atoms with Gasteiger partial charge in [0.05, 0.1) is 25.3 Å². The van der Waals surface area contributed by atoms with Crippen LogP contribution in [-0.4, -0.2) is 30.7 Å². The average Bonchev–Trinajstić information content (AvgIpc) is 2.84. The number of carbonyl (C=O) groups is 2. The summed E-state index contributed by atoms with van der Waals surface area (Å²) in [5.74, 6) is -1.13. The number of halogens is 1. The van der Waals surface area contributed by atoms with Gasteiger partial charge < -0.3 is 14.0 Å². The molecule has 0 aliphatic carbocycles. The van der Waals surface area contributed by atoms with Gasteiger partial charge in [-0.15, -0.1) is 0 Å². The van der Waals surface area contributed by atoms with Crippen molar-refractivity contribution in [2.24, 2.45) is 0 Å². The van der Waals surface area contributed by atoms with E-state index in [-0.39, 0.29) is 23.1 Å². The molecule has 2 aromatic carbocycles. The number of benzene rings is 2. The molecule has 1 aromatic heterocycles. The Kier molecular flexibility index (Phi) is 7.87. The van der Waals surface area contributed by atoms with Crippen LogP contribution in [0, 0.1) is 0 Å². The first-order valence-corrected chi connectivity index (χ1v) is 10.8. The first-order chi connectivity index (χ1) is 16.4. The number of aromatic nitrogens is 1. The van der Waals surface area contributed by atoms with Crippen molar-refractivity contribution in [2.75, 3.05) is 14.2 Å². The number of rotatable bonds is 7. The summed E-state index contributed by atoms with van der Waals surface area (Å²) in [7, 11) is 2.57. The fourth-order valence-electron chi connectivity index (χ4n) is 3.73. The van der Waals surface area contributed by atoms with Crippen molar-refractivity contribution in [2.45, 2.75) is 13.3 Å². The second-order valence-electron chi connectivity index (χ2n) is 7.34. The van der Waals surface area contributed by atoms with Gasteiger partial charge in [0, 0.05) is 28.1 Å². The molecule has 34 heavy (non-hydrogen) atoms. The molecule has 174 valence electrons. The van der Waals surface area contributed by atoms with E-state index in [1.54, 1.807) is 65.3 Å². The molecule has 3 rings (SSSR count). The van der Waals surface area contributed by atoms with Gasteiger partial charge >= 0.3 is 11.9 Å². The van der Waals surface area contributed by atoms with Crippen LogP contribution < -0.4 is 5.43 Å². The summed E-state index contributed by atoms with van der Waals surface area (Å²) in [6, 6.07) is 11.6. The van der Waals surface area contributed by atoms with E-state index in [4.69, 9.17) is 21.1 Å². The molecule has 0 N–H and O–H groups in total. The Labute approximate surface area is 202 Å². The number of esters is 2. The lowest BCUT2D eigenvalue weighted by Gasteiger charge is -2.20. The minimum Gasteiger partial charge on any atom is -0.465 e. The molecule has 0 unspecified atom stereocenters. The summed E-state index contributed by atoms with van der Waals surface area (Å²) < 4.78 is 11.5.